The maximum absolute atomic E-state index is 14.8. The summed E-state index contributed by atoms with van der Waals surface area (Å²) in [5, 5.41) is 14.3. The monoisotopic (exact) mass is 474 g/mol. The molecule has 0 fully saturated rings. The number of carbonyl (C=O) groups excluding carboxylic acids is 1. The third kappa shape index (κ3) is 3.93. The standard InChI is InChI=1S/C22H15F5N6O/c1-33-17-7-15(23)18(19(24)13(17)9-31-33)21(34)32-10-2-3-16(28)11(6-10)20(29)12-8-30-5-4-14(12)22(25,26)27/h2-9,29H,28H2,1H3,(H,32,34). The van der Waals surface area contributed by atoms with Gasteiger partial charge in [-0.15, -0.1) is 0 Å². The van der Waals surface area contributed by atoms with E-state index in [1.807, 2.05) is 0 Å². The van der Waals surface area contributed by atoms with Crippen LogP contribution in [0.2, 0.25) is 0 Å². The van der Waals surface area contributed by atoms with Gasteiger partial charge in [0.2, 0.25) is 0 Å². The molecular weight excluding hydrogens is 459 g/mol. The summed E-state index contributed by atoms with van der Waals surface area (Å²) in [6, 6.07) is 5.37. The van der Waals surface area contributed by atoms with Crippen molar-refractivity contribution in [1.82, 2.24) is 14.8 Å². The SMILES string of the molecule is Cn1ncc2c(F)c(C(=O)Nc3ccc(N)c(C(=N)c4cnccc4C(F)(F)F)c3)c(F)cc21. The number of nitrogens with zero attached hydrogens (tertiary/aromatic N) is 3. The second-order valence-electron chi connectivity index (χ2n) is 7.30. The van der Waals surface area contributed by atoms with Crippen molar-refractivity contribution in [2.75, 3.05) is 11.1 Å². The van der Waals surface area contributed by atoms with Gasteiger partial charge < -0.3 is 11.1 Å². The summed E-state index contributed by atoms with van der Waals surface area (Å²) in [5.74, 6) is -3.38. The van der Waals surface area contributed by atoms with Gasteiger partial charge in [0.1, 0.15) is 17.2 Å². The zero-order valence-corrected chi connectivity index (χ0v) is 17.3. The lowest BCUT2D eigenvalue weighted by Gasteiger charge is -2.15. The zero-order chi connectivity index (χ0) is 24.8. The van der Waals surface area contributed by atoms with Gasteiger partial charge in [-0.05, 0) is 24.3 Å². The van der Waals surface area contributed by atoms with Crippen molar-refractivity contribution in [2.24, 2.45) is 7.05 Å². The summed E-state index contributed by atoms with van der Waals surface area (Å²) in [4.78, 5) is 16.3. The highest BCUT2D eigenvalue weighted by atomic mass is 19.4. The average molecular weight is 474 g/mol. The Balaban J connectivity index is 1.70. The number of aryl methyl sites for hydroxylation is 1. The lowest BCUT2D eigenvalue weighted by atomic mass is 9.97. The molecule has 0 aliphatic rings. The fourth-order valence-corrected chi connectivity index (χ4v) is 3.46. The van der Waals surface area contributed by atoms with Gasteiger partial charge in [-0.2, -0.15) is 18.3 Å². The number of pyridine rings is 1. The van der Waals surface area contributed by atoms with Crippen LogP contribution in [0.1, 0.15) is 27.0 Å². The van der Waals surface area contributed by atoms with Crippen molar-refractivity contribution in [2.45, 2.75) is 6.18 Å². The molecule has 0 saturated heterocycles. The molecule has 4 aromatic rings. The van der Waals surface area contributed by atoms with Gasteiger partial charge in [0.15, 0.2) is 0 Å². The Kier molecular flexibility index (Phi) is 5.51. The molecule has 2 aromatic heterocycles. The Labute approximate surface area is 188 Å². The number of amides is 1. The van der Waals surface area contributed by atoms with E-state index in [1.165, 1.54) is 23.9 Å². The van der Waals surface area contributed by atoms with Crippen LogP contribution in [-0.2, 0) is 13.2 Å². The molecule has 0 atom stereocenters. The molecule has 2 heterocycles. The predicted molar refractivity (Wildman–Crippen MR) is 115 cm³/mol. The number of fused-ring (bicyclic) bond motifs is 1. The number of halogens is 5. The maximum Gasteiger partial charge on any atom is 0.417 e. The number of benzene rings is 2. The molecule has 0 aliphatic carbocycles. The van der Waals surface area contributed by atoms with E-state index >= 15 is 0 Å². The summed E-state index contributed by atoms with van der Waals surface area (Å²) in [6.45, 7) is 0. The Hall–Kier alpha value is -4.35. The van der Waals surface area contributed by atoms with E-state index in [0.717, 1.165) is 36.8 Å². The van der Waals surface area contributed by atoms with Crippen molar-refractivity contribution < 1.29 is 26.7 Å². The first-order valence-corrected chi connectivity index (χ1v) is 9.60. The van der Waals surface area contributed by atoms with Gasteiger partial charge in [-0.1, -0.05) is 0 Å². The topological polar surface area (TPSA) is 110 Å². The second-order valence-corrected chi connectivity index (χ2v) is 7.30. The number of nitrogens with two attached hydrogens (primary N) is 1. The molecule has 7 nitrogen and oxygen atoms in total. The number of hydrogen-bond acceptors (Lipinski definition) is 5. The normalized spacial score (nSPS) is 11.6. The van der Waals surface area contributed by atoms with Crippen LogP contribution in [0.5, 0.6) is 0 Å². The minimum atomic E-state index is -4.74. The largest absolute Gasteiger partial charge is 0.417 e. The van der Waals surface area contributed by atoms with Gasteiger partial charge in [-0.25, -0.2) is 8.78 Å². The Morgan fingerprint density at radius 3 is 2.56 bits per heavy atom. The summed E-state index contributed by atoms with van der Waals surface area (Å²) in [5.41, 5.74) is 2.71. The van der Waals surface area contributed by atoms with Crippen LogP contribution < -0.4 is 11.1 Å². The lowest BCUT2D eigenvalue weighted by Crippen LogP contribution is -2.18. The molecule has 0 spiro atoms. The number of rotatable bonds is 4. The van der Waals surface area contributed by atoms with Crippen LogP contribution in [0.4, 0.5) is 33.3 Å². The quantitative estimate of drug-likeness (QED) is 0.230. The van der Waals surface area contributed by atoms with E-state index in [4.69, 9.17) is 11.1 Å². The number of anilines is 2. The van der Waals surface area contributed by atoms with Gasteiger partial charge in [0, 0.05) is 48.0 Å². The molecule has 174 valence electrons. The number of nitrogen functional groups attached to an aromatic ring is 1. The summed E-state index contributed by atoms with van der Waals surface area (Å²) >= 11 is 0. The number of hydrogen-bond donors (Lipinski definition) is 3. The summed E-state index contributed by atoms with van der Waals surface area (Å²) in [7, 11) is 1.48. The van der Waals surface area contributed by atoms with Crippen molar-refractivity contribution in [1.29, 1.82) is 5.41 Å². The van der Waals surface area contributed by atoms with Crippen molar-refractivity contribution in [3.63, 3.8) is 0 Å². The van der Waals surface area contributed by atoms with E-state index in [2.05, 4.69) is 15.4 Å². The van der Waals surface area contributed by atoms with E-state index < -0.39 is 46.1 Å². The van der Waals surface area contributed by atoms with E-state index in [9.17, 15) is 26.7 Å². The fourth-order valence-electron chi connectivity index (χ4n) is 3.46. The average Bonchev–Trinajstić information content (AvgIpc) is 3.14. The molecule has 12 heteroatoms. The third-order valence-corrected chi connectivity index (χ3v) is 5.15. The molecule has 34 heavy (non-hydrogen) atoms. The number of nitrogens with one attached hydrogen (secondary N) is 2. The van der Waals surface area contributed by atoms with Crippen molar-refractivity contribution in [3.05, 3.63) is 82.8 Å². The Morgan fingerprint density at radius 2 is 1.85 bits per heavy atom. The predicted octanol–water partition coefficient (Wildman–Crippen LogP) is 4.52. The van der Waals surface area contributed by atoms with Crippen LogP contribution in [-0.4, -0.2) is 26.4 Å². The van der Waals surface area contributed by atoms with Gasteiger partial charge >= 0.3 is 6.18 Å². The highest BCUT2D eigenvalue weighted by molar-refractivity contribution is 6.15. The molecule has 0 radical (unpaired) electrons. The summed E-state index contributed by atoms with van der Waals surface area (Å²) < 4.78 is 70.7. The number of alkyl halides is 3. The molecule has 1 amide bonds. The lowest BCUT2D eigenvalue weighted by molar-refractivity contribution is -0.137. The molecule has 0 bridgehead atoms. The molecule has 0 unspecified atom stereocenters. The van der Waals surface area contributed by atoms with Gasteiger partial charge in [0.05, 0.1) is 28.4 Å². The van der Waals surface area contributed by atoms with Crippen LogP contribution in [0, 0.1) is 17.0 Å². The minimum absolute atomic E-state index is 0.0403. The first-order valence-electron chi connectivity index (χ1n) is 9.60. The highest BCUT2D eigenvalue weighted by Gasteiger charge is 2.34. The zero-order valence-electron chi connectivity index (χ0n) is 17.3. The Bertz CT molecular complexity index is 1460. The molecule has 4 N–H and O–H groups in total. The van der Waals surface area contributed by atoms with Crippen LogP contribution in [0.15, 0.2) is 48.9 Å². The number of carbonyl (C=O) groups is 1. The maximum atomic E-state index is 14.8. The minimum Gasteiger partial charge on any atom is -0.398 e. The van der Waals surface area contributed by atoms with Crippen molar-refractivity contribution >= 4 is 33.9 Å². The van der Waals surface area contributed by atoms with Crippen molar-refractivity contribution in [3.8, 4) is 0 Å². The van der Waals surface area contributed by atoms with Crippen LogP contribution in [0.3, 0.4) is 0 Å². The molecule has 0 saturated carbocycles. The van der Waals surface area contributed by atoms with Gasteiger partial charge in [-0.3, -0.25) is 19.9 Å². The highest BCUT2D eigenvalue weighted by Crippen LogP contribution is 2.33. The van der Waals surface area contributed by atoms with Crippen LogP contribution >= 0.6 is 0 Å². The Morgan fingerprint density at radius 1 is 1.12 bits per heavy atom. The van der Waals surface area contributed by atoms with E-state index in [1.54, 1.807) is 0 Å². The number of aromatic nitrogens is 3. The second kappa shape index (κ2) is 8.21. The molecular formula is C22H15F5N6O. The molecule has 2 aromatic carbocycles. The first kappa shape index (κ1) is 22.8. The summed E-state index contributed by atoms with van der Waals surface area (Å²) in [6.07, 6.45) is -1.77. The molecule has 0 aliphatic heterocycles. The first-order chi connectivity index (χ1) is 16.0. The van der Waals surface area contributed by atoms with E-state index in [-0.39, 0.29) is 27.8 Å². The fraction of sp³-hybridized carbons (Fsp3) is 0.0909. The van der Waals surface area contributed by atoms with Crippen LogP contribution in [0.25, 0.3) is 10.9 Å². The van der Waals surface area contributed by atoms with Gasteiger partial charge in [0.25, 0.3) is 5.91 Å². The van der Waals surface area contributed by atoms with E-state index in [0.29, 0.717) is 0 Å². The molecule has 4 rings (SSSR count). The smallest absolute Gasteiger partial charge is 0.398 e. The third-order valence-electron chi connectivity index (χ3n) is 5.15.